The molecule has 146 valence electrons. The molecule has 26 heavy (non-hydrogen) atoms. The van der Waals surface area contributed by atoms with Crippen LogP contribution >= 0.6 is 24.8 Å². The number of primary amides is 1. The molecule has 0 unspecified atom stereocenters. The number of morpholine rings is 1. The molecule has 9 heteroatoms. The van der Waals surface area contributed by atoms with Crippen LogP contribution in [0.15, 0.2) is 24.3 Å². The summed E-state index contributed by atoms with van der Waals surface area (Å²) in [5, 5.41) is 3.25. The summed E-state index contributed by atoms with van der Waals surface area (Å²) >= 11 is 0. The van der Waals surface area contributed by atoms with E-state index in [0.717, 1.165) is 18.8 Å². The molecule has 1 aromatic carbocycles. The number of piperazine rings is 1. The number of anilines is 1. The van der Waals surface area contributed by atoms with E-state index in [1.807, 2.05) is 24.0 Å². The van der Waals surface area contributed by atoms with Gasteiger partial charge >= 0.3 is 0 Å². The summed E-state index contributed by atoms with van der Waals surface area (Å²) in [7, 11) is 0. The van der Waals surface area contributed by atoms with Crippen molar-refractivity contribution in [2.45, 2.75) is 19.1 Å². The Bertz CT molecular complexity index is 607. The molecular formula is C17H26Cl2N4O3. The molecule has 0 saturated carbocycles. The zero-order chi connectivity index (χ0) is 17.1. The fourth-order valence-corrected chi connectivity index (χ4v) is 3.23. The molecule has 3 N–H and O–H groups in total. The van der Waals surface area contributed by atoms with Gasteiger partial charge in [0.1, 0.15) is 6.04 Å². The number of hydrogen-bond donors (Lipinski definition) is 2. The number of hydrogen-bond acceptors (Lipinski definition) is 5. The second-order valence-electron chi connectivity index (χ2n) is 6.23. The molecule has 7 nitrogen and oxygen atoms in total. The van der Waals surface area contributed by atoms with Gasteiger partial charge < -0.3 is 25.6 Å². The van der Waals surface area contributed by atoms with Gasteiger partial charge in [-0.05, 0) is 31.2 Å². The van der Waals surface area contributed by atoms with E-state index >= 15 is 0 Å². The summed E-state index contributed by atoms with van der Waals surface area (Å²) in [6.45, 7) is 6.20. The lowest BCUT2D eigenvalue weighted by Crippen LogP contribution is -2.59. The Morgan fingerprint density at radius 3 is 2.27 bits per heavy atom. The standard InChI is InChI=1S/C17H24N4O3.2ClH/c1-12-15(19-6-11-24-12)17(23)21-9-7-20(8-10-21)14-4-2-13(3-5-14)16(18)22;;/h2-5,12,15,19H,6-11H2,1H3,(H2,18,22);2*1H/t12-,15+;;/m1../s1. The van der Waals surface area contributed by atoms with E-state index in [9.17, 15) is 9.59 Å². The van der Waals surface area contributed by atoms with Crippen LogP contribution in [0.5, 0.6) is 0 Å². The minimum atomic E-state index is -0.423. The highest BCUT2D eigenvalue weighted by atomic mass is 35.5. The first kappa shape index (κ1) is 22.5. The Morgan fingerprint density at radius 2 is 1.73 bits per heavy atom. The molecule has 1 aromatic rings. The monoisotopic (exact) mass is 404 g/mol. The molecule has 0 radical (unpaired) electrons. The summed E-state index contributed by atoms with van der Waals surface area (Å²) in [6.07, 6.45) is -0.0920. The number of amides is 2. The third-order valence-corrected chi connectivity index (χ3v) is 4.69. The molecule has 2 atom stereocenters. The smallest absolute Gasteiger partial charge is 0.248 e. The molecule has 2 aliphatic rings. The third kappa shape index (κ3) is 5.01. The van der Waals surface area contributed by atoms with Crippen LogP contribution in [0.2, 0.25) is 0 Å². The minimum Gasteiger partial charge on any atom is -0.375 e. The van der Waals surface area contributed by atoms with E-state index in [0.29, 0.717) is 31.8 Å². The van der Waals surface area contributed by atoms with Crippen molar-refractivity contribution in [2.75, 3.05) is 44.2 Å². The second kappa shape index (κ2) is 9.97. The van der Waals surface area contributed by atoms with Crippen LogP contribution in [0.4, 0.5) is 5.69 Å². The van der Waals surface area contributed by atoms with Crippen molar-refractivity contribution < 1.29 is 14.3 Å². The molecule has 0 aliphatic carbocycles. The molecule has 3 rings (SSSR count). The summed E-state index contributed by atoms with van der Waals surface area (Å²) in [5.74, 6) is -0.306. The summed E-state index contributed by atoms with van der Waals surface area (Å²) in [5.41, 5.74) is 6.81. The van der Waals surface area contributed by atoms with Crippen LogP contribution in [0.25, 0.3) is 0 Å². The molecular weight excluding hydrogens is 379 g/mol. The Hall–Kier alpha value is -1.54. The van der Waals surface area contributed by atoms with Crippen LogP contribution in [0.3, 0.4) is 0 Å². The van der Waals surface area contributed by atoms with Crippen molar-refractivity contribution in [2.24, 2.45) is 5.73 Å². The molecule has 2 amide bonds. The summed E-state index contributed by atoms with van der Waals surface area (Å²) in [4.78, 5) is 27.9. The number of rotatable bonds is 3. The first-order chi connectivity index (χ1) is 11.6. The van der Waals surface area contributed by atoms with Crippen LogP contribution in [0.1, 0.15) is 17.3 Å². The average molecular weight is 405 g/mol. The van der Waals surface area contributed by atoms with Gasteiger partial charge in [-0.25, -0.2) is 0 Å². The maximum Gasteiger partial charge on any atom is 0.248 e. The van der Waals surface area contributed by atoms with Crippen LogP contribution in [-0.4, -0.2) is 68.2 Å². The van der Waals surface area contributed by atoms with Gasteiger partial charge in [0.15, 0.2) is 0 Å². The maximum atomic E-state index is 12.6. The van der Waals surface area contributed by atoms with Gasteiger partial charge in [-0.3, -0.25) is 9.59 Å². The molecule has 2 saturated heterocycles. The van der Waals surface area contributed by atoms with Crippen molar-refractivity contribution in [3.05, 3.63) is 29.8 Å². The van der Waals surface area contributed by atoms with Gasteiger partial charge in [0.05, 0.1) is 12.7 Å². The Balaban J connectivity index is 0.00000169. The van der Waals surface area contributed by atoms with Gasteiger partial charge in [-0.15, -0.1) is 24.8 Å². The van der Waals surface area contributed by atoms with Crippen LogP contribution < -0.4 is 16.0 Å². The highest BCUT2D eigenvalue weighted by Crippen LogP contribution is 2.18. The highest BCUT2D eigenvalue weighted by molar-refractivity contribution is 5.93. The van der Waals surface area contributed by atoms with Gasteiger partial charge in [0.2, 0.25) is 11.8 Å². The first-order valence-corrected chi connectivity index (χ1v) is 8.35. The van der Waals surface area contributed by atoms with Crippen LogP contribution in [-0.2, 0) is 9.53 Å². The second-order valence-corrected chi connectivity index (χ2v) is 6.23. The molecule has 0 bridgehead atoms. The molecule has 0 spiro atoms. The van der Waals surface area contributed by atoms with Gasteiger partial charge in [0.25, 0.3) is 0 Å². The molecule has 2 aliphatic heterocycles. The summed E-state index contributed by atoms with van der Waals surface area (Å²) in [6, 6.07) is 7.02. The number of halogens is 2. The van der Waals surface area contributed by atoms with Crippen molar-refractivity contribution >= 4 is 42.3 Å². The van der Waals surface area contributed by atoms with Crippen molar-refractivity contribution in [1.82, 2.24) is 10.2 Å². The van der Waals surface area contributed by atoms with E-state index in [4.69, 9.17) is 10.5 Å². The highest BCUT2D eigenvalue weighted by Gasteiger charge is 2.33. The van der Waals surface area contributed by atoms with E-state index in [2.05, 4.69) is 10.2 Å². The predicted octanol–water partition coefficient (Wildman–Crippen LogP) is 0.655. The molecule has 2 fully saturated rings. The number of nitrogens with one attached hydrogen (secondary N) is 1. The number of carbonyl (C=O) groups excluding carboxylic acids is 2. The van der Waals surface area contributed by atoms with Crippen molar-refractivity contribution in [1.29, 1.82) is 0 Å². The number of nitrogens with zero attached hydrogens (tertiary/aromatic N) is 2. The fraction of sp³-hybridized carbons (Fsp3) is 0.529. The summed E-state index contributed by atoms with van der Waals surface area (Å²) < 4.78 is 5.57. The zero-order valence-corrected chi connectivity index (χ0v) is 16.4. The van der Waals surface area contributed by atoms with E-state index in [1.165, 1.54) is 0 Å². The maximum absolute atomic E-state index is 12.6. The third-order valence-electron chi connectivity index (χ3n) is 4.69. The van der Waals surface area contributed by atoms with E-state index in [-0.39, 0.29) is 42.9 Å². The Morgan fingerprint density at radius 1 is 1.12 bits per heavy atom. The SMILES string of the molecule is C[C@H]1OCCN[C@@H]1C(=O)N1CCN(c2ccc(C(N)=O)cc2)CC1.Cl.Cl. The lowest BCUT2D eigenvalue weighted by atomic mass is 10.1. The lowest BCUT2D eigenvalue weighted by molar-refractivity contribution is -0.139. The number of benzene rings is 1. The van der Waals surface area contributed by atoms with Gasteiger partial charge in [0, 0.05) is 44.0 Å². The van der Waals surface area contributed by atoms with Crippen molar-refractivity contribution in [3.8, 4) is 0 Å². The minimum absolute atomic E-state index is 0. The normalized spacial score (nSPS) is 22.8. The largest absolute Gasteiger partial charge is 0.375 e. The Kier molecular flexibility index (Phi) is 8.62. The van der Waals surface area contributed by atoms with E-state index < -0.39 is 5.91 Å². The zero-order valence-electron chi connectivity index (χ0n) is 14.7. The van der Waals surface area contributed by atoms with Crippen molar-refractivity contribution in [3.63, 3.8) is 0 Å². The molecule has 2 heterocycles. The number of ether oxygens (including phenoxy) is 1. The van der Waals surface area contributed by atoms with E-state index in [1.54, 1.807) is 12.1 Å². The lowest BCUT2D eigenvalue weighted by Gasteiger charge is -2.39. The molecule has 0 aromatic heterocycles. The predicted molar refractivity (Wildman–Crippen MR) is 105 cm³/mol. The Labute approximate surface area is 166 Å². The number of nitrogens with two attached hydrogens (primary N) is 1. The van der Waals surface area contributed by atoms with Gasteiger partial charge in [-0.2, -0.15) is 0 Å². The van der Waals surface area contributed by atoms with Gasteiger partial charge in [-0.1, -0.05) is 0 Å². The topological polar surface area (TPSA) is 87.9 Å². The average Bonchev–Trinajstić information content (AvgIpc) is 2.62. The first-order valence-electron chi connectivity index (χ1n) is 8.35. The quantitative estimate of drug-likeness (QED) is 0.772. The number of carbonyl (C=O) groups is 2. The fourth-order valence-electron chi connectivity index (χ4n) is 3.23. The van der Waals surface area contributed by atoms with Crippen LogP contribution in [0, 0.1) is 0 Å².